The van der Waals surface area contributed by atoms with E-state index in [1.807, 2.05) is 44.2 Å². The van der Waals surface area contributed by atoms with E-state index in [-0.39, 0.29) is 24.4 Å². The average molecular weight is 482 g/mol. The van der Waals surface area contributed by atoms with Gasteiger partial charge in [-0.3, -0.25) is 14.8 Å². The number of hydrogen-bond donors (Lipinski definition) is 2. The van der Waals surface area contributed by atoms with Crippen LogP contribution in [0.3, 0.4) is 0 Å². The molecule has 0 aliphatic rings. The molecule has 0 spiro atoms. The van der Waals surface area contributed by atoms with Gasteiger partial charge in [-0.15, -0.1) is 5.06 Å². The maximum absolute atomic E-state index is 13.0. The molecule has 33 heavy (non-hydrogen) atoms. The molecule has 0 heterocycles. The first-order chi connectivity index (χ1) is 15.7. The van der Waals surface area contributed by atoms with E-state index in [0.717, 1.165) is 12.0 Å². The lowest BCUT2D eigenvalue weighted by atomic mass is 9.98. The molecule has 0 radical (unpaired) electrons. The number of nitrogens with one attached hydrogen (secondary N) is 1. The molecule has 5 amide bonds. The highest BCUT2D eigenvalue weighted by Gasteiger charge is 2.33. The van der Waals surface area contributed by atoms with Crippen molar-refractivity contribution in [1.82, 2.24) is 15.3 Å². The third-order valence-corrected chi connectivity index (χ3v) is 6.12. The summed E-state index contributed by atoms with van der Waals surface area (Å²) in [4.78, 5) is 49.9. The number of hydrogen-bond acceptors (Lipinski definition) is 7. The SMILES string of the molecule is CNC(=O)N(CCCC(=O)OC)C(=O)N(O)C(=O)[C@H](CCC(C)C)CSCc1ccccc1. The Labute approximate surface area is 199 Å². The van der Waals surface area contributed by atoms with E-state index >= 15 is 0 Å². The van der Waals surface area contributed by atoms with Gasteiger partial charge in [0, 0.05) is 37.4 Å². The summed E-state index contributed by atoms with van der Waals surface area (Å²) in [5, 5.41) is 12.8. The smallest absolute Gasteiger partial charge is 0.359 e. The van der Waals surface area contributed by atoms with Crippen molar-refractivity contribution < 1.29 is 29.1 Å². The Bertz CT molecular complexity index is 775. The van der Waals surface area contributed by atoms with Gasteiger partial charge in [-0.2, -0.15) is 11.8 Å². The van der Waals surface area contributed by atoms with Gasteiger partial charge >= 0.3 is 18.0 Å². The van der Waals surface area contributed by atoms with Gasteiger partial charge in [0.05, 0.1) is 7.11 Å². The Balaban J connectivity index is 2.84. The van der Waals surface area contributed by atoms with Crippen LogP contribution in [0.1, 0.15) is 45.1 Å². The Morgan fingerprint density at radius 3 is 2.36 bits per heavy atom. The van der Waals surface area contributed by atoms with Crippen LogP contribution in [0, 0.1) is 11.8 Å². The zero-order valence-corrected chi connectivity index (χ0v) is 20.6. The van der Waals surface area contributed by atoms with E-state index in [4.69, 9.17) is 0 Å². The normalized spacial score (nSPS) is 11.6. The first kappa shape index (κ1) is 28.4. The molecule has 0 saturated carbocycles. The molecule has 0 saturated heterocycles. The minimum absolute atomic E-state index is 0.0101. The number of urea groups is 2. The summed E-state index contributed by atoms with van der Waals surface area (Å²) in [6.07, 6.45) is 1.38. The highest BCUT2D eigenvalue weighted by atomic mass is 32.2. The lowest BCUT2D eigenvalue weighted by Crippen LogP contribution is -2.52. The second-order valence-corrected chi connectivity index (χ2v) is 9.02. The molecular formula is C23H35N3O6S. The van der Waals surface area contributed by atoms with Gasteiger partial charge in [-0.1, -0.05) is 50.6 Å². The largest absolute Gasteiger partial charge is 0.469 e. The fourth-order valence-corrected chi connectivity index (χ4v) is 4.13. The molecule has 184 valence electrons. The number of benzene rings is 1. The number of nitrogens with zero attached hydrogens (tertiary/aromatic N) is 2. The molecule has 0 aromatic heterocycles. The summed E-state index contributed by atoms with van der Waals surface area (Å²) >= 11 is 1.55. The molecule has 2 N–H and O–H groups in total. The van der Waals surface area contributed by atoms with E-state index < -0.39 is 29.9 Å². The van der Waals surface area contributed by atoms with Crippen molar-refractivity contribution in [3.63, 3.8) is 0 Å². The lowest BCUT2D eigenvalue weighted by Gasteiger charge is -2.26. The predicted octanol–water partition coefficient (Wildman–Crippen LogP) is 3.90. The van der Waals surface area contributed by atoms with E-state index in [9.17, 15) is 24.4 Å². The van der Waals surface area contributed by atoms with Gasteiger partial charge < -0.3 is 10.1 Å². The summed E-state index contributed by atoms with van der Waals surface area (Å²) < 4.78 is 4.55. The van der Waals surface area contributed by atoms with Crippen molar-refractivity contribution in [1.29, 1.82) is 0 Å². The molecule has 0 unspecified atom stereocenters. The Morgan fingerprint density at radius 2 is 1.79 bits per heavy atom. The summed E-state index contributed by atoms with van der Waals surface area (Å²) in [7, 11) is 2.57. The summed E-state index contributed by atoms with van der Waals surface area (Å²) in [5.74, 6) is -0.348. The minimum Gasteiger partial charge on any atom is -0.469 e. The van der Waals surface area contributed by atoms with Crippen LogP contribution in [0.5, 0.6) is 0 Å². The van der Waals surface area contributed by atoms with E-state index in [1.165, 1.54) is 14.2 Å². The maximum atomic E-state index is 13.0. The molecule has 1 atom stereocenters. The van der Waals surface area contributed by atoms with Crippen LogP contribution in [-0.4, -0.2) is 65.6 Å². The third-order valence-electron chi connectivity index (χ3n) is 4.94. The number of hydroxylamine groups is 2. The molecule has 1 aromatic rings. The highest BCUT2D eigenvalue weighted by Crippen LogP contribution is 2.22. The molecule has 0 bridgehead atoms. The van der Waals surface area contributed by atoms with Crippen LogP contribution in [0.2, 0.25) is 0 Å². The molecule has 0 aliphatic heterocycles. The van der Waals surface area contributed by atoms with Crippen LogP contribution in [0.4, 0.5) is 9.59 Å². The van der Waals surface area contributed by atoms with Crippen molar-refractivity contribution in [3.8, 4) is 0 Å². The van der Waals surface area contributed by atoms with Crippen molar-refractivity contribution in [2.24, 2.45) is 11.8 Å². The molecule has 9 nitrogen and oxygen atoms in total. The number of thioether (sulfide) groups is 1. The third kappa shape index (κ3) is 10.3. The molecule has 0 aliphatic carbocycles. The number of imide groups is 2. The van der Waals surface area contributed by atoms with Crippen LogP contribution >= 0.6 is 11.8 Å². The van der Waals surface area contributed by atoms with Crippen molar-refractivity contribution in [2.75, 3.05) is 26.5 Å². The Morgan fingerprint density at radius 1 is 1.12 bits per heavy atom. The van der Waals surface area contributed by atoms with Gasteiger partial charge in [0.25, 0.3) is 5.91 Å². The van der Waals surface area contributed by atoms with Crippen molar-refractivity contribution in [2.45, 2.75) is 45.3 Å². The zero-order valence-electron chi connectivity index (χ0n) is 19.8. The van der Waals surface area contributed by atoms with Gasteiger partial charge in [-0.05, 0) is 24.3 Å². The second kappa shape index (κ2) is 15.3. The molecule has 0 fully saturated rings. The maximum Gasteiger partial charge on any atom is 0.359 e. The average Bonchev–Trinajstić information content (AvgIpc) is 2.82. The van der Waals surface area contributed by atoms with Crippen LogP contribution in [-0.2, 0) is 20.1 Å². The van der Waals surface area contributed by atoms with Gasteiger partial charge in [0.15, 0.2) is 0 Å². The summed E-state index contributed by atoms with van der Waals surface area (Å²) in [6.45, 7) is 3.92. The monoisotopic (exact) mass is 481 g/mol. The molecule has 10 heteroatoms. The first-order valence-electron chi connectivity index (χ1n) is 11.0. The standard InChI is InChI=1S/C23H35N3O6S/c1-17(2)12-13-19(16-33-15-18-9-6-5-7-10-18)21(28)26(31)23(30)25(22(29)24-3)14-8-11-20(27)32-4/h5-7,9-10,17,19,31H,8,11-16H2,1-4H3,(H,24,29)/t19-/m1/s1. The highest BCUT2D eigenvalue weighted by molar-refractivity contribution is 7.98. The Kier molecular flexibility index (Phi) is 13.2. The Hall–Kier alpha value is -2.59. The first-order valence-corrected chi connectivity index (χ1v) is 12.1. The summed E-state index contributed by atoms with van der Waals surface area (Å²) in [6, 6.07) is 7.88. The quantitative estimate of drug-likeness (QED) is 0.264. The van der Waals surface area contributed by atoms with E-state index in [2.05, 4.69) is 10.1 Å². The van der Waals surface area contributed by atoms with Gasteiger partial charge in [-0.25, -0.2) is 14.5 Å². The van der Waals surface area contributed by atoms with Gasteiger partial charge in [0.1, 0.15) is 0 Å². The van der Waals surface area contributed by atoms with E-state index in [1.54, 1.807) is 11.8 Å². The minimum atomic E-state index is -1.15. The van der Waals surface area contributed by atoms with Crippen LogP contribution < -0.4 is 5.32 Å². The van der Waals surface area contributed by atoms with Crippen LogP contribution in [0.25, 0.3) is 0 Å². The zero-order chi connectivity index (χ0) is 24.8. The second-order valence-electron chi connectivity index (χ2n) is 7.99. The number of ether oxygens (including phenoxy) is 1. The number of methoxy groups -OCH3 is 1. The lowest BCUT2D eigenvalue weighted by molar-refractivity contribution is -0.158. The van der Waals surface area contributed by atoms with E-state index in [0.29, 0.717) is 28.7 Å². The molecule has 1 rings (SSSR count). The number of amides is 5. The molecule has 1 aromatic carbocycles. The predicted molar refractivity (Wildman–Crippen MR) is 127 cm³/mol. The topological polar surface area (TPSA) is 116 Å². The van der Waals surface area contributed by atoms with Crippen molar-refractivity contribution >= 4 is 35.7 Å². The van der Waals surface area contributed by atoms with Crippen LogP contribution in [0.15, 0.2) is 30.3 Å². The summed E-state index contributed by atoms with van der Waals surface area (Å²) in [5.41, 5.74) is 1.12. The fourth-order valence-electron chi connectivity index (χ4n) is 2.99. The number of carbonyl (C=O) groups is 4. The van der Waals surface area contributed by atoms with Gasteiger partial charge in [0.2, 0.25) is 0 Å². The molecular weight excluding hydrogens is 446 g/mol. The van der Waals surface area contributed by atoms with Crippen molar-refractivity contribution in [3.05, 3.63) is 35.9 Å². The number of esters is 1. The number of rotatable bonds is 12. The number of carbonyl (C=O) groups excluding carboxylic acids is 4. The fraction of sp³-hybridized carbons (Fsp3) is 0.565.